The average molecular weight is 428 g/mol. The maximum atomic E-state index is 12.8. The minimum atomic E-state index is -1.02. The molecule has 0 spiro atoms. The maximum Gasteiger partial charge on any atom is 0.407 e. The number of rotatable bonds is 5. The summed E-state index contributed by atoms with van der Waals surface area (Å²) in [6, 6.07) is -1.93. The first-order valence-corrected chi connectivity index (χ1v) is 10.6. The van der Waals surface area contributed by atoms with Gasteiger partial charge in [-0.25, -0.2) is 4.79 Å². The smallest absolute Gasteiger partial charge is 0.407 e. The largest absolute Gasteiger partial charge is 0.449 e. The lowest BCUT2D eigenvalue weighted by molar-refractivity contribution is -0.140. The van der Waals surface area contributed by atoms with E-state index in [-0.39, 0.29) is 31.0 Å². The van der Waals surface area contributed by atoms with Gasteiger partial charge in [0.1, 0.15) is 6.04 Å². The number of hydrogen-bond donors (Lipinski definition) is 3. The molecule has 1 fully saturated rings. The topological polar surface area (TPSA) is 123 Å². The van der Waals surface area contributed by atoms with E-state index in [1.165, 1.54) is 0 Å². The summed E-state index contributed by atoms with van der Waals surface area (Å²) in [5.41, 5.74) is -0.208. The Hall–Kier alpha value is -2.16. The van der Waals surface area contributed by atoms with E-state index in [0.29, 0.717) is 13.2 Å². The SMILES string of the molecule is CC(C)C(NC(=O)OCC(C)(C)C)C(=O)NC1CCOCCCCCNC(=O)C1=O. The summed E-state index contributed by atoms with van der Waals surface area (Å²) in [4.78, 5) is 49.6. The minimum Gasteiger partial charge on any atom is -0.449 e. The Morgan fingerprint density at radius 3 is 2.50 bits per heavy atom. The summed E-state index contributed by atoms with van der Waals surface area (Å²) in [6.45, 7) is 10.7. The van der Waals surface area contributed by atoms with E-state index in [1.54, 1.807) is 13.8 Å². The van der Waals surface area contributed by atoms with Crippen LogP contribution in [0.1, 0.15) is 60.3 Å². The highest BCUT2D eigenvalue weighted by molar-refractivity contribution is 6.38. The quantitative estimate of drug-likeness (QED) is 0.572. The van der Waals surface area contributed by atoms with Gasteiger partial charge in [0.05, 0.1) is 12.6 Å². The van der Waals surface area contributed by atoms with Crippen LogP contribution in [-0.4, -0.2) is 62.1 Å². The van der Waals surface area contributed by atoms with Crippen molar-refractivity contribution in [1.29, 1.82) is 0 Å². The van der Waals surface area contributed by atoms with E-state index in [1.807, 2.05) is 20.8 Å². The van der Waals surface area contributed by atoms with Crippen LogP contribution in [0.25, 0.3) is 0 Å². The molecule has 2 atom stereocenters. The third kappa shape index (κ3) is 10.0. The Morgan fingerprint density at radius 2 is 1.87 bits per heavy atom. The van der Waals surface area contributed by atoms with Gasteiger partial charge >= 0.3 is 6.09 Å². The number of Topliss-reactive ketones (excluding diaryl/α,β-unsaturated/α-hetero) is 1. The number of carbonyl (C=O) groups excluding carboxylic acids is 4. The number of amides is 3. The first-order chi connectivity index (χ1) is 14.0. The standard InChI is InChI=1S/C21H37N3O6/c1-14(2)16(24-20(28)30-13-21(3,4)5)18(26)23-15-9-12-29-11-8-6-7-10-22-19(27)17(15)25/h14-16H,6-13H2,1-5H3,(H,22,27)(H,23,26)(H,24,28). The third-order valence-corrected chi connectivity index (χ3v) is 4.52. The fourth-order valence-electron chi connectivity index (χ4n) is 2.77. The maximum absolute atomic E-state index is 12.8. The summed E-state index contributed by atoms with van der Waals surface area (Å²) < 4.78 is 10.7. The minimum absolute atomic E-state index is 0.178. The van der Waals surface area contributed by atoms with Crippen LogP contribution >= 0.6 is 0 Å². The van der Waals surface area contributed by atoms with Gasteiger partial charge in [0.15, 0.2) is 0 Å². The van der Waals surface area contributed by atoms with Gasteiger partial charge in [0, 0.05) is 19.8 Å². The molecule has 1 aliphatic heterocycles. The number of carbonyl (C=O) groups is 4. The molecule has 0 aliphatic carbocycles. The van der Waals surface area contributed by atoms with E-state index < -0.39 is 35.8 Å². The Kier molecular flexibility index (Phi) is 10.8. The number of hydrogen-bond acceptors (Lipinski definition) is 6. The highest BCUT2D eigenvalue weighted by Crippen LogP contribution is 2.13. The van der Waals surface area contributed by atoms with E-state index >= 15 is 0 Å². The van der Waals surface area contributed by atoms with Gasteiger partial charge in [0.2, 0.25) is 11.7 Å². The fourth-order valence-corrected chi connectivity index (χ4v) is 2.77. The average Bonchev–Trinajstić information content (AvgIpc) is 2.65. The van der Waals surface area contributed by atoms with E-state index in [4.69, 9.17) is 9.47 Å². The molecule has 0 saturated carbocycles. The molecule has 2 unspecified atom stereocenters. The van der Waals surface area contributed by atoms with Crippen LogP contribution in [0.3, 0.4) is 0 Å². The molecule has 1 saturated heterocycles. The van der Waals surface area contributed by atoms with Gasteiger partial charge < -0.3 is 25.4 Å². The lowest BCUT2D eigenvalue weighted by Crippen LogP contribution is -2.56. The highest BCUT2D eigenvalue weighted by atomic mass is 16.5. The van der Waals surface area contributed by atoms with Gasteiger partial charge in [-0.05, 0) is 37.0 Å². The van der Waals surface area contributed by atoms with Gasteiger partial charge in [0.25, 0.3) is 5.91 Å². The summed E-state index contributed by atoms with van der Waals surface area (Å²) in [6.07, 6.45) is 2.01. The molecule has 1 rings (SSSR count). The molecule has 3 N–H and O–H groups in total. The molecule has 0 aromatic rings. The second kappa shape index (κ2) is 12.5. The van der Waals surface area contributed by atoms with Crippen LogP contribution < -0.4 is 16.0 Å². The van der Waals surface area contributed by atoms with Crippen LogP contribution in [0, 0.1) is 11.3 Å². The Labute approximate surface area is 179 Å². The molecule has 9 nitrogen and oxygen atoms in total. The second-order valence-electron chi connectivity index (χ2n) is 9.15. The molecule has 0 aromatic carbocycles. The Bertz CT molecular complexity index is 600. The zero-order valence-electron chi connectivity index (χ0n) is 18.8. The van der Waals surface area contributed by atoms with Crippen molar-refractivity contribution in [3.63, 3.8) is 0 Å². The van der Waals surface area contributed by atoms with Crippen molar-refractivity contribution in [1.82, 2.24) is 16.0 Å². The van der Waals surface area contributed by atoms with Gasteiger partial charge in [-0.3, -0.25) is 14.4 Å². The Balaban J connectivity index is 2.78. The van der Waals surface area contributed by atoms with Crippen LogP contribution in [-0.2, 0) is 23.9 Å². The summed E-state index contributed by atoms with van der Waals surface area (Å²) >= 11 is 0. The fraction of sp³-hybridized carbons (Fsp3) is 0.810. The van der Waals surface area contributed by atoms with Crippen LogP contribution in [0.5, 0.6) is 0 Å². The summed E-state index contributed by atoms with van der Waals surface area (Å²) in [7, 11) is 0. The van der Waals surface area contributed by atoms with Crippen molar-refractivity contribution in [2.75, 3.05) is 26.4 Å². The molecular formula is C21H37N3O6. The molecule has 1 heterocycles. The van der Waals surface area contributed by atoms with Crippen LogP contribution in [0.15, 0.2) is 0 Å². The molecule has 172 valence electrons. The predicted molar refractivity (Wildman–Crippen MR) is 112 cm³/mol. The van der Waals surface area contributed by atoms with Crippen molar-refractivity contribution in [2.24, 2.45) is 11.3 Å². The van der Waals surface area contributed by atoms with Crippen LogP contribution in [0.2, 0.25) is 0 Å². The summed E-state index contributed by atoms with van der Waals surface area (Å²) in [5, 5.41) is 7.77. The summed E-state index contributed by atoms with van der Waals surface area (Å²) in [5.74, 6) is -2.24. The zero-order chi connectivity index (χ0) is 22.7. The molecule has 0 aromatic heterocycles. The molecule has 0 bridgehead atoms. The monoisotopic (exact) mass is 427 g/mol. The predicted octanol–water partition coefficient (Wildman–Crippen LogP) is 1.54. The molecular weight excluding hydrogens is 390 g/mol. The van der Waals surface area contributed by atoms with E-state index in [2.05, 4.69) is 16.0 Å². The van der Waals surface area contributed by atoms with Crippen molar-refractivity contribution >= 4 is 23.7 Å². The molecule has 30 heavy (non-hydrogen) atoms. The van der Waals surface area contributed by atoms with Gasteiger partial charge in [-0.1, -0.05) is 34.6 Å². The number of ether oxygens (including phenoxy) is 2. The molecule has 9 heteroatoms. The van der Waals surface area contributed by atoms with E-state index in [9.17, 15) is 19.2 Å². The first kappa shape index (κ1) is 25.9. The van der Waals surface area contributed by atoms with Crippen molar-refractivity contribution in [3.05, 3.63) is 0 Å². The normalized spacial score (nSPS) is 20.4. The Morgan fingerprint density at radius 1 is 1.17 bits per heavy atom. The highest BCUT2D eigenvalue weighted by Gasteiger charge is 2.32. The third-order valence-electron chi connectivity index (χ3n) is 4.52. The number of ketones is 1. The molecule has 3 amide bonds. The van der Waals surface area contributed by atoms with Gasteiger partial charge in [-0.15, -0.1) is 0 Å². The van der Waals surface area contributed by atoms with E-state index in [0.717, 1.165) is 19.3 Å². The van der Waals surface area contributed by atoms with Gasteiger partial charge in [-0.2, -0.15) is 0 Å². The van der Waals surface area contributed by atoms with Crippen molar-refractivity contribution in [3.8, 4) is 0 Å². The number of alkyl carbamates (subject to hydrolysis) is 1. The lowest BCUT2D eigenvalue weighted by Gasteiger charge is -2.25. The van der Waals surface area contributed by atoms with Crippen LogP contribution in [0.4, 0.5) is 4.79 Å². The van der Waals surface area contributed by atoms with Crippen molar-refractivity contribution in [2.45, 2.75) is 72.4 Å². The molecule has 1 aliphatic rings. The second-order valence-corrected chi connectivity index (χ2v) is 9.15. The lowest BCUT2D eigenvalue weighted by atomic mass is 9.99. The molecule has 0 radical (unpaired) electrons. The van der Waals surface area contributed by atoms with Crippen molar-refractivity contribution < 1.29 is 28.7 Å². The number of nitrogens with one attached hydrogen (secondary N) is 3. The first-order valence-electron chi connectivity index (χ1n) is 10.6. The zero-order valence-corrected chi connectivity index (χ0v) is 18.8.